The third kappa shape index (κ3) is 5.24. The molecule has 0 saturated carbocycles. The fourth-order valence-corrected chi connectivity index (χ4v) is 3.38. The summed E-state index contributed by atoms with van der Waals surface area (Å²) < 4.78 is 0. The molecule has 0 radical (unpaired) electrons. The number of piperidine rings is 1. The molecule has 0 bridgehead atoms. The molecule has 24 heavy (non-hydrogen) atoms. The Bertz CT molecular complexity index is 423. The highest BCUT2D eigenvalue weighted by molar-refractivity contribution is 5.85. The zero-order valence-corrected chi connectivity index (χ0v) is 15.9. The van der Waals surface area contributed by atoms with Crippen molar-refractivity contribution >= 4 is 24.3 Å². The van der Waals surface area contributed by atoms with E-state index < -0.39 is 0 Å². The lowest BCUT2D eigenvalue weighted by Gasteiger charge is -2.35. The third-order valence-corrected chi connectivity index (χ3v) is 5.46. The van der Waals surface area contributed by atoms with Crippen molar-refractivity contribution in [1.82, 2.24) is 15.1 Å². The Labute approximate surface area is 151 Å². The topological polar surface area (TPSA) is 78.7 Å². The van der Waals surface area contributed by atoms with Crippen molar-refractivity contribution in [1.29, 1.82) is 0 Å². The molecule has 2 fully saturated rings. The summed E-state index contributed by atoms with van der Waals surface area (Å²) in [4.78, 5) is 28.7. The molecule has 1 unspecified atom stereocenters. The second kappa shape index (κ2) is 9.47. The highest BCUT2D eigenvalue weighted by Crippen LogP contribution is 2.20. The van der Waals surface area contributed by atoms with Crippen LogP contribution in [0.5, 0.6) is 0 Å². The predicted octanol–water partition coefficient (Wildman–Crippen LogP) is 1.97. The SMILES string of the molecule is CCC(N)(CC)CNC(=O)C1CCCN(C(=O)N2CCCC2)C1.Cl. The first-order chi connectivity index (χ1) is 11.0. The van der Waals surface area contributed by atoms with E-state index in [1.54, 1.807) is 0 Å². The number of nitrogens with one attached hydrogen (secondary N) is 1. The zero-order chi connectivity index (χ0) is 16.9. The van der Waals surface area contributed by atoms with Crippen LogP contribution >= 0.6 is 12.4 Å². The van der Waals surface area contributed by atoms with Crippen LogP contribution in [-0.4, -0.2) is 60.0 Å². The van der Waals surface area contributed by atoms with Gasteiger partial charge in [0.05, 0.1) is 5.92 Å². The van der Waals surface area contributed by atoms with Crippen molar-refractivity contribution in [3.05, 3.63) is 0 Å². The normalized spacial score (nSPS) is 21.4. The van der Waals surface area contributed by atoms with Gasteiger partial charge in [-0.25, -0.2) is 4.79 Å². The number of hydrogen-bond acceptors (Lipinski definition) is 3. The first-order valence-electron chi connectivity index (χ1n) is 9.09. The molecule has 0 aromatic heterocycles. The predicted molar refractivity (Wildman–Crippen MR) is 98.3 cm³/mol. The Morgan fingerprint density at radius 3 is 2.25 bits per heavy atom. The van der Waals surface area contributed by atoms with Crippen LogP contribution in [0, 0.1) is 5.92 Å². The standard InChI is InChI=1S/C17H32N4O2.ClH/c1-3-17(18,4-2)13-19-15(22)14-8-7-11-21(12-14)16(23)20-9-5-6-10-20;/h14H,3-13,18H2,1-2H3,(H,19,22);1H. The first kappa shape index (κ1) is 21.0. The van der Waals surface area contributed by atoms with Gasteiger partial charge < -0.3 is 20.9 Å². The number of halogens is 1. The number of nitrogens with two attached hydrogens (primary N) is 1. The van der Waals surface area contributed by atoms with Gasteiger partial charge in [0.2, 0.25) is 5.91 Å². The molecule has 1 atom stereocenters. The summed E-state index contributed by atoms with van der Waals surface area (Å²) >= 11 is 0. The van der Waals surface area contributed by atoms with Crippen LogP contribution in [0.3, 0.4) is 0 Å². The number of carbonyl (C=O) groups is 2. The molecular weight excluding hydrogens is 328 g/mol. The van der Waals surface area contributed by atoms with Crippen LogP contribution in [0.25, 0.3) is 0 Å². The minimum absolute atomic E-state index is 0. The average molecular weight is 361 g/mol. The molecule has 0 aromatic rings. The molecule has 0 spiro atoms. The number of rotatable bonds is 5. The van der Waals surface area contributed by atoms with Gasteiger partial charge in [-0.3, -0.25) is 4.79 Å². The van der Waals surface area contributed by atoms with Gasteiger partial charge in [0, 0.05) is 38.3 Å². The van der Waals surface area contributed by atoms with E-state index in [4.69, 9.17) is 5.73 Å². The van der Waals surface area contributed by atoms with E-state index in [9.17, 15) is 9.59 Å². The van der Waals surface area contributed by atoms with Crippen LogP contribution in [0.2, 0.25) is 0 Å². The Hall–Kier alpha value is -1.01. The summed E-state index contributed by atoms with van der Waals surface area (Å²) in [5.74, 6) is -0.0612. The van der Waals surface area contributed by atoms with Crippen molar-refractivity contribution in [2.24, 2.45) is 11.7 Å². The number of carbonyl (C=O) groups excluding carboxylic acids is 2. The smallest absolute Gasteiger partial charge is 0.320 e. The lowest BCUT2D eigenvalue weighted by Crippen LogP contribution is -2.53. The van der Waals surface area contributed by atoms with Crippen LogP contribution in [0.15, 0.2) is 0 Å². The Morgan fingerprint density at radius 1 is 1.08 bits per heavy atom. The van der Waals surface area contributed by atoms with E-state index in [1.165, 1.54) is 0 Å². The van der Waals surface area contributed by atoms with E-state index in [-0.39, 0.29) is 35.8 Å². The molecule has 2 aliphatic rings. The van der Waals surface area contributed by atoms with Gasteiger partial charge in [-0.05, 0) is 38.5 Å². The fourth-order valence-electron chi connectivity index (χ4n) is 3.38. The number of urea groups is 1. The van der Waals surface area contributed by atoms with Crippen LogP contribution < -0.4 is 11.1 Å². The molecule has 0 aliphatic carbocycles. The first-order valence-corrected chi connectivity index (χ1v) is 9.09. The third-order valence-electron chi connectivity index (χ3n) is 5.46. The zero-order valence-electron chi connectivity index (χ0n) is 15.1. The number of likely N-dealkylation sites (tertiary alicyclic amines) is 2. The summed E-state index contributed by atoms with van der Waals surface area (Å²) in [6.07, 6.45) is 5.62. The van der Waals surface area contributed by atoms with E-state index in [1.807, 2.05) is 23.6 Å². The Balaban J connectivity index is 0.00000288. The number of amides is 3. The molecule has 2 rings (SSSR count). The molecule has 0 aromatic carbocycles. The molecule has 3 amide bonds. The summed E-state index contributed by atoms with van der Waals surface area (Å²) in [7, 11) is 0. The minimum atomic E-state index is -0.324. The fraction of sp³-hybridized carbons (Fsp3) is 0.882. The second-order valence-corrected chi connectivity index (χ2v) is 7.05. The molecule has 2 aliphatic heterocycles. The van der Waals surface area contributed by atoms with Gasteiger partial charge in [0.25, 0.3) is 0 Å². The largest absolute Gasteiger partial charge is 0.354 e. The van der Waals surface area contributed by atoms with Gasteiger partial charge >= 0.3 is 6.03 Å². The lowest BCUT2D eigenvalue weighted by atomic mass is 9.93. The molecule has 3 N–H and O–H groups in total. The maximum atomic E-state index is 12.5. The van der Waals surface area contributed by atoms with E-state index in [0.717, 1.165) is 58.2 Å². The monoisotopic (exact) mass is 360 g/mol. The quantitative estimate of drug-likeness (QED) is 0.786. The highest BCUT2D eigenvalue weighted by atomic mass is 35.5. The van der Waals surface area contributed by atoms with Gasteiger partial charge in [0.1, 0.15) is 0 Å². The van der Waals surface area contributed by atoms with E-state index >= 15 is 0 Å². The molecule has 6 nitrogen and oxygen atoms in total. The molecule has 2 heterocycles. The Morgan fingerprint density at radius 2 is 1.67 bits per heavy atom. The van der Waals surface area contributed by atoms with Crippen LogP contribution in [0.1, 0.15) is 52.4 Å². The van der Waals surface area contributed by atoms with Gasteiger partial charge in [-0.1, -0.05) is 13.8 Å². The maximum Gasteiger partial charge on any atom is 0.320 e. The lowest BCUT2D eigenvalue weighted by molar-refractivity contribution is -0.126. The van der Waals surface area contributed by atoms with Gasteiger partial charge in [0.15, 0.2) is 0 Å². The van der Waals surface area contributed by atoms with E-state index in [0.29, 0.717) is 13.1 Å². The number of nitrogens with zero attached hydrogens (tertiary/aromatic N) is 2. The van der Waals surface area contributed by atoms with Crippen molar-refractivity contribution < 1.29 is 9.59 Å². The van der Waals surface area contributed by atoms with Crippen molar-refractivity contribution in [3.63, 3.8) is 0 Å². The van der Waals surface area contributed by atoms with Gasteiger partial charge in [-0.15, -0.1) is 12.4 Å². The average Bonchev–Trinajstić information content (AvgIpc) is 3.13. The molecular formula is C17H33ClN4O2. The van der Waals surface area contributed by atoms with Crippen LogP contribution in [0.4, 0.5) is 4.79 Å². The minimum Gasteiger partial charge on any atom is -0.354 e. The van der Waals surface area contributed by atoms with Gasteiger partial charge in [-0.2, -0.15) is 0 Å². The van der Waals surface area contributed by atoms with Crippen molar-refractivity contribution in [3.8, 4) is 0 Å². The van der Waals surface area contributed by atoms with Crippen LogP contribution in [-0.2, 0) is 4.79 Å². The van der Waals surface area contributed by atoms with Crippen molar-refractivity contribution in [2.45, 2.75) is 57.9 Å². The summed E-state index contributed by atoms with van der Waals surface area (Å²) in [5, 5.41) is 3.01. The summed E-state index contributed by atoms with van der Waals surface area (Å²) in [5.41, 5.74) is 5.92. The summed E-state index contributed by atoms with van der Waals surface area (Å²) in [6.45, 7) is 7.62. The summed E-state index contributed by atoms with van der Waals surface area (Å²) in [6, 6.07) is 0.107. The maximum absolute atomic E-state index is 12.5. The molecule has 140 valence electrons. The Kier molecular flexibility index (Phi) is 8.30. The highest BCUT2D eigenvalue weighted by Gasteiger charge is 2.32. The van der Waals surface area contributed by atoms with E-state index in [2.05, 4.69) is 5.32 Å². The molecule has 2 saturated heterocycles. The number of hydrogen-bond donors (Lipinski definition) is 2. The second-order valence-electron chi connectivity index (χ2n) is 7.05. The van der Waals surface area contributed by atoms with Crippen molar-refractivity contribution in [2.75, 3.05) is 32.7 Å². The molecule has 7 heteroatoms.